The largest absolute Gasteiger partial charge is 2.00 e. The molecule has 1 heteroatoms. The minimum Gasteiger partial charge on any atom is -0.358 e. The number of rotatable bonds is 0. The van der Waals surface area contributed by atoms with Crippen molar-refractivity contribution in [2.45, 2.75) is 6.92 Å². The van der Waals surface area contributed by atoms with Gasteiger partial charge in [-0.3, -0.25) is 0 Å². The van der Waals surface area contributed by atoms with Crippen molar-refractivity contribution in [3.8, 4) is 0 Å². The topological polar surface area (TPSA) is 0 Å². The zero-order valence-corrected chi connectivity index (χ0v) is 7.15. The molecule has 0 aliphatic carbocycles. The molecule has 1 rings (SSSR count). The molecule has 9 heavy (non-hydrogen) atoms. The minimum atomic E-state index is 0. The summed E-state index contributed by atoms with van der Waals surface area (Å²) in [5.74, 6) is 0. The number of benzene rings is 1. The minimum absolute atomic E-state index is 0. The molecule has 0 aliphatic heterocycles. The summed E-state index contributed by atoms with van der Waals surface area (Å²) < 4.78 is 0. The van der Waals surface area contributed by atoms with Crippen molar-refractivity contribution < 1.29 is 18.6 Å². The predicted octanol–water partition coefficient (Wildman–Crippen LogP) is 2.24. The molecular weight excluding hydrogens is 147 g/mol. The van der Waals surface area contributed by atoms with Crippen LogP contribution < -0.4 is 0 Å². The van der Waals surface area contributed by atoms with Crippen molar-refractivity contribution in [1.29, 1.82) is 0 Å². The van der Waals surface area contributed by atoms with Gasteiger partial charge >= 0.3 is 18.6 Å². The standard InChI is InChI=1S/C7H7.CH3.V/c1-7-5-3-2-4-6-7;;/h2-5H,1H3;1H3;/q2*-1;+2. The molecule has 0 nitrogen and oxygen atoms in total. The molecule has 0 N–H and O–H groups in total. The van der Waals surface area contributed by atoms with Gasteiger partial charge in [0.15, 0.2) is 0 Å². The summed E-state index contributed by atoms with van der Waals surface area (Å²) in [6.45, 7) is 2.03. The van der Waals surface area contributed by atoms with E-state index >= 15 is 0 Å². The van der Waals surface area contributed by atoms with Crippen LogP contribution in [0.4, 0.5) is 0 Å². The Labute approximate surface area is 69.2 Å². The summed E-state index contributed by atoms with van der Waals surface area (Å²) in [6, 6.07) is 10.9. The maximum atomic E-state index is 3.03. The fraction of sp³-hybridized carbons (Fsp3) is 0.125. The van der Waals surface area contributed by atoms with Gasteiger partial charge in [-0.1, -0.05) is 6.92 Å². The van der Waals surface area contributed by atoms with Crippen LogP contribution >= 0.6 is 0 Å². The van der Waals surface area contributed by atoms with Gasteiger partial charge in [0.2, 0.25) is 0 Å². The van der Waals surface area contributed by atoms with E-state index < -0.39 is 0 Å². The third-order valence-electron chi connectivity index (χ3n) is 0.865. The van der Waals surface area contributed by atoms with Crippen LogP contribution in [0, 0.1) is 20.4 Å². The molecule has 0 fully saturated rings. The average molecular weight is 157 g/mol. The first-order valence-corrected chi connectivity index (χ1v) is 2.33. The van der Waals surface area contributed by atoms with E-state index in [0.717, 1.165) is 0 Å². The van der Waals surface area contributed by atoms with Gasteiger partial charge in [0, 0.05) is 0 Å². The van der Waals surface area contributed by atoms with Gasteiger partial charge in [-0.2, -0.15) is 35.9 Å². The second kappa shape index (κ2) is 5.93. The summed E-state index contributed by atoms with van der Waals surface area (Å²) in [4.78, 5) is 0. The zero-order chi connectivity index (χ0) is 5.11. The summed E-state index contributed by atoms with van der Waals surface area (Å²) in [6.07, 6.45) is 0. The van der Waals surface area contributed by atoms with Crippen LogP contribution in [0.3, 0.4) is 0 Å². The molecule has 0 aliphatic rings. The second-order valence-corrected chi connectivity index (χ2v) is 1.55. The van der Waals surface area contributed by atoms with Crippen molar-refractivity contribution in [2.24, 2.45) is 0 Å². The fourth-order valence-electron chi connectivity index (χ4n) is 0.483. The molecule has 1 aromatic rings. The van der Waals surface area contributed by atoms with Crippen molar-refractivity contribution in [1.82, 2.24) is 0 Å². The van der Waals surface area contributed by atoms with Crippen LogP contribution in [0.1, 0.15) is 5.56 Å². The van der Waals surface area contributed by atoms with Crippen LogP contribution in [0.15, 0.2) is 24.3 Å². The van der Waals surface area contributed by atoms with Crippen molar-refractivity contribution in [2.75, 3.05) is 0 Å². The quantitative estimate of drug-likeness (QED) is 0.506. The third-order valence-corrected chi connectivity index (χ3v) is 0.865. The van der Waals surface area contributed by atoms with E-state index in [4.69, 9.17) is 0 Å². The predicted molar refractivity (Wildman–Crippen MR) is 36.4 cm³/mol. The van der Waals surface area contributed by atoms with E-state index in [1.807, 2.05) is 31.2 Å². The summed E-state index contributed by atoms with van der Waals surface area (Å²) in [5, 5.41) is 0. The second-order valence-electron chi connectivity index (χ2n) is 1.55. The van der Waals surface area contributed by atoms with Crippen LogP contribution in [0.5, 0.6) is 0 Å². The monoisotopic (exact) mass is 157 g/mol. The van der Waals surface area contributed by atoms with Gasteiger partial charge in [0.05, 0.1) is 0 Å². The molecule has 0 atom stereocenters. The molecule has 1 radical (unpaired) electrons. The SMILES string of the molecule is Cc1[c-]cccc1.[CH3-].[V+2]. The van der Waals surface area contributed by atoms with Gasteiger partial charge < -0.3 is 7.43 Å². The third kappa shape index (κ3) is 4.32. The Morgan fingerprint density at radius 2 is 2.00 bits per heavy atom. The smallest absolute Gasteiger partial charge is 0.358 e. The van der Waals surface area contributed by atoms with Crippen LogP contribution in [0.25, 0.3) is 0 Å². The van der Waals surface area contributed by atoms with Crippen molar-refractivity contribution in [3.05, 3.63) is 43.3 Å². The van der Waals surface area contributed by atoms with Crippen LogP contribution in [-0.4, -0.2) is 0 Å². The van der Waals surface area contributed by atoms with E-state index in [0.29, 0.717) is 0 Å². The molecule has 0 unspecified atom stereocenters. The van der Waals surface area contributed by atoms with Crippen molar-refractivity contribution in [3.63, 3.8) is 0 Å². The molecule has 0 aromatic heterocycles. The first-order chi connectivity index (χ1) is 3.39. The van der Waals surface area contributed by atoms with Crippen molar-refractivity contribution >= 4 is 0 Å². The molecule has 0 saturated heterocycles. The Morgan fingerprint density at radius 1 is 1.33 bits per heavy atom. The molecule has 0 amide bonds. The number of hydrogen-bond donors (Lipinski definition) is 0. The van der Waals surface area contributed by atoms with E-state index in [2.05, 4.69) is 6.07 Å². The first-order valence-electron chi connectivity index (χ1n) is 2.33. The molecule has 0 saturated carbocycles. The van der Waals surface area contributed by atoms with Gasteiger partial charge in [-0.05, 0) is 0 Å². The Balaban J connectivity index is 0. The van der Waals surface area contributed by atoms with Gasteiger partial charge in [0.1, 0.15) is 0 Å². The zero-order valence-electron chi connectivity index (χ0n) is 5.76. The normalized spacial score (nSPS) is 6.78. The van der Waals surface area contributed by atoms with Gasteiger partial charge in [0.25, 0.3) is 0 Å². The molecule has 0 heterocycles. The summed E-state index contributed by atoms with van der Waals surface area (Å²) in [5.41, 5.74) is 1.20. The van der Waals surface area contributed by atoms with Gasteiger partial charge in [-0.15, -0.1) is 0 Å². The molecule has 0 bridgehead atoms. The van der Waals surface area contributed by atoms with Crippen LogP contribution in [0.2, 0.25) is 0 Å². The molecular formula is C8H10V. The van der Waals surface area contributed by atoms with E-state index in [1.165, 1.54) is 5.56 Å². The molecule has 47 valence electrons. The van der Waals surface area contributed by atoms with Crippen LogP contribution in [-0.2, 0) is 18.6 Å². The van der Waals surface area contributed by atoms with E-state index in [1.54, 1.807) is 0 Å². The first kappa shape index (κ1) is 11.6. The number of aryl methyl sites for hydroxylation is 1. The molecule has 1 aromatic carbocycles. The summed E-state index contributed by atoms with van der Waals surface area (Å²) >= 11 is 0. The summed E-state index contributed by atoms with van der Waals surface area (Å²) in [7, 11) is 0. The maximum absolute atomic E-state index is 3.03. The Morgan fingerprint density at radius 3 is 2.22 bits per heavy atom. The fourth-order valence-corrected chi connectivity index (χ4v) is 0.483. The maximum Gasteiger partial charge on any atom is 2.00 e. The Kier molecular flexibility index (Phi) is 7.63. The molecule has 0 spiro atoms. The number of hydrogen-bond acceptors (Lipinski definition) is 0. The Bertz CT molecular complexity index is 134. The van der Waals surface area contributed by atoms with Gasteiger partial charge in [-0.25, -0.2) is 0 Å². The van der Waals surface area contributed by atoms with E-state index in [9.17, 15) is 0 Å². The Hall–Kier alpha value is -0.196. The average Bonchev–Trinajstić information content (AvgIpc) is 1.69. The van der Waals surface area contributed by atoms with E-state index in [-0.39, 0.29) is 26.0 Å².